The molecule has 1 aromatic rings. The van der Waals surface area contributed by atoms with Crippen LogP contribution in [0.3, 0.4) is 0 Å². The van der Waals surface area contributed by atoms with Crippen LogP contribution in [-0.2, 0) is 0 Å². The molecular formula is C12H17F2NO. The highest BCUT2D eigenvalue weighted by Gasteiger charge is 2.08. The number of nitrogens with one attached hydrogen (secondary N) is 1. The van der Waals surface area contributed by atoms with Gasteiger partial charge in [0.15, 0.2) is 11.6 Å². The zero-order chi connectivity index (χ0) is 12.0. The zero-order valence-electron chi connectivity index (χ0n) is 9.59. The van der Waals surface area contributed by atoms with Gasteiger partial charge < -0.3 is 10.1 Å². The van der Waals surface area contributed by atoms with Gasteiger partial charge in [0.25, 0.3) is 0 Å². The molecule has 90 valence electrons. The van der Waals surface area contributed by atoms with Crippen molar-refractivity contribution in [1.82, 2.24) is 5.32 Å². The maximum Gasteiger partial charge on any atom is 0.165 e. The van der Waals surface area contributed by atoms with Crippen molar-refractivity contribution in [3.05, 3.63) is 29.6 Å². The predicted octanol–water partition coefficient (Wildman–Crippen LogP) is 2.84. The smallest absolute Gasteiger partial charge is 0.165 e. The lowest BCUT2D eigenvalue weighted by Gasteiger charge is -2.14. The monoisotopic (exact) mass is 229 g/mol. The summed E-state index contributed by atoms with van der Waals surface area (Å²) >= 11 is 0. The van der Waals surface area contributed by atoms with Gasteiger partial charge in [-0.3, -0.25) is 4.39 Å². The van der Waals surface area contributed by atoms with Crippen molar-refractivity contribution < 1.29 is 13.5 Å². The first-order valence-corrected chi connectivity index (χ1v) is 5.31. The van der Waals surface area contributed by atoms with Crippen LogP contribution >= 0.6 is 0 Å². The second kappa shape index (κ2) is 6.43. The van der Waals surface area contributed by atoms with Crippen LogP contribution in [0.1, 0.15) is 24.9 Å². The van der Waals surface area contributed by atoms with E-state index in [9.17, 15) is 8.78 Å². The normalized spacial score (nSPS) is 12.5. The van der Waals surface area contributed by atoms with Crippen LogP contribution in [0.4, 0.5) is 8.78 Å². The number of halogens is 2. The van der Waals surface area contributed by atoms with Crippen LogP contribution in [0.2, 0.25) is 0 Å². The number of hydrogen-bond acceptors (Lipinski definition) is 2. The fourth-order valence-corrected chi connectivity index (χ4v) is 1.45. The molecule has 16 heavy (non-hydrogen) atoms. The summed E-state index contributed by atoms with van der Waals surface area (Å²) in [6.45, 7) is 2.23. The number of ether oxygens (including phenoxy) is 1. The van der Waals surface area contributed by atoms with E-state index in [-0.39, 0.29) is 24.3 Å². The Morgan fingerprint density at radius 2 is 2.19 bits per heavy atom. The molecule has 0 aliphatic heterocycles. The summed E-state index contributed by atoms with van der Waals surface area (Å²) in [7, 11) is 1.43. The van der Waals surface area contributed by atoms with E-state index in [4.69, 9.17) is 4.74 Å². The summed E-state index contributed by atoms with van der Waals surface area (Å²) in [6.07, 6.45) is 0.489. The lowest BCUT2D eigenvalue weighted by atomic mass is 10.1. The van der Waals surface area contributed by atoms with E-state index in [2.05, 4.69) is 5.32 Å². The Hall–Kier alpha value is -1.16. The van der Waals surface area contributed by atoms with Crippen molar-refractivity contribution in [1.29, 1.82) is 0 Å². The van der Waals surface area contributed by atoms with Gasteiger partial charge in [0, 0.05) is 6.04 Å². The first-order chi connectivity index (χ1) is 7.69. The highest BCUT2D eigenvalue weighted by atomic mass is 19.1. The minimum Gasteiger partial charge on any atom is -0.494 e. The summed E-state index contributed by atoms with van der Waals surface area (Å²) in [5.74, 6) is -0.140. The van der Waals surface area contributed by atoms with Crippen molar-refractivity contribution in [3.63, 3.8) is 0 Å². The molecule has 4 heteroatoms. The molecule has 1 N–H and O–H groups in total. The first kappa shape index (κ1) is 12.9. The minimum absolute atomic E-state index is 0.0565. The average molecular weight is 229 g/mol. The summed E-state index contributed by atoms with van der Waals surface area (Å²) in [5.41, 5.74) is 0.928. The van der Waals surface area contributed by atoms with Crippen molar-refractivity contribution in [2.24, 2.45) is 0 Å². The molecule has 2 nitrogen and oxygen atoms in total. The van der Waals surface area contributed by atoms with E-state index in [0.29, 0.717) is 13.0 Å². The Labute approximate surface area is 94.6 Å². The fraction of sp³-hybridized carbons (Fsp3) is 0.500. The van der Waals surface area contributed by atoms with Gasteiger partial charge in [0.05, 0.1) is 13.8 Å². The van der Waals surface area contributed by atoms with Crippen LogP contribution in [0, 0.1) is 5.82 Å². The van der Waals surface area contributed by atoms with Crippen molar-refractivity contribution in [3.8, 4) is 5.75 Å². The van der Waals surface area contributed by atoms with Crippen LogP contribution in [-0.4, -0.2) is 20.3 Å². The van der Waals surface area contributed by atoms with E-state index in [1.807, 2.05) is 6.92 Å². The van der Waals surface area contributed by atoms with Crippen molar-refractivity contribution in [2.45, 2.75) is 19.4 Å². The molecule has 1 unspecified atom stereocenters. The Kier molecular flexibility index (Phi) is 5.19. The van der Waals surface area contributed by atoms with Gasteiger partial charge in [-0.15, -0.1) is 0 Å². The number of rotatable bonds is 6. The molecule has 0 radical (unpaired) electrons. The molecule has 0 heterocycles. The van der Waals surface area contributed by atoms with Gasteiger partial charge in [-0.05, 0) is 37.6 Å². The number of hydrogen-bond donors (Lipinski definition) is 1. The standard InChI is InChI=1S/C12H17F2NO/c1-9(15-7-3-6-13)10-4-5-11(14)12(8-10)16-2/h4-5,8-9,15H,3,6-7H2,1-2H3. The van der Waals surface area contributed by atoms with Gasteiger partial charge in [-0.2, -0.15) is 0 Å². The largest absolute Gasteiger partial charge is 0.494 e. The van der Waals surface area contributed by atoms with E-state index >= 15 is 0 Å². The number of alkyl halides is 1. The molecule has 0 spiro atoms. The van der Waals surface area contributed by atoms with Crippen LogP contribution in [0.25, 0.3) is 0 Å². The fourth-order valence-electron chi connectivity index (χ4n) is 1.45. The van der Waals surface area contributed by atoms with E-state index < -0.39 is 0 Å². The third-order valence-electron chi connectivity index (χ3n) is 2.44. The van der Waals surface area contributed by atoms with Crippen molar-refractivity contribution in [2.75, 3.05) is 20.3 Å². The maximum atomic E-state index is 13.1. The lowest BCUT2D eigenvalue weighted by molar-refractivity contribution is 0.384. The topological polar surface area (TPSA) is 21.3 Å². The van der Waals surface area contributed by atoms with Gasteiger partial charge in [0.2, 0.25) is 0 Å². The highest BCUT2D eigenvalue weighted by Crippen LogP contribution is 2.22. The molecule has 0 saturated carbocycles. The third kappa shape index (κ3) is 3.45. The highest BCUT2D eigenvalue weighted by molar-refractivity contribution is 5.31. The second-order valence-electron chi connectivity index (χ2n) is 3.61. The van der Waals surface area contributed by atoms with E-state index in [1.54, 1.807) is 12.1 Å². The first-order valence-electron chi connectivity index (χ1n) is 5.31. The third-order valence-corrected chi connectivity index (χ3v) is 2.44. The molecule has 0 saturated heterocycles. The van der Waals surface area contributed by atoms with Crippen molar-refractivity contribution >= 4 is 0 Å². The Balaban J connectivity index is 2.64. The minimum atomic E-state index is -0.373. The quantitative estimate of drug-likeness (QED) is 0.757. The Morgan fingerprint density at radius 1 is 1.44 bits per heavy atom. The van der Waals surface area contributed by atoms with E-state index in [1.165, 1.54) is 13.2 Å². The molecule has 0 aromatic heterocycles. The molecule has 0 amide bonds. The molecular weight excluding hydrogens is 212 g/mol. The van der Waals surface area contributed by atoms with Gasteiger partial charge >= 0.3 is 0 Å². The summed E-state index contributed by atoms with van der Waals surface area (Å²) in [4.78, 5) is 0. The molecule has 0 aliphatic rings. The summed E-state index contributed by atoms with van der Waals surface area (Å²) in [6, 6.07) is 4.79. The SMILES string of the molecule is COc1cc(C(C)NCCCF)ccc1F. The Morgan fingerprint density at radius 3 is 2.81 bits per heavy atom. The van der Waals surface area contributed by atoms with Crippen LogP contribution < -0.4 is 10.1 Å². The summed E-state index contributed by atoms with van der Waals surface area (Å²) < 4.78 is 30.0. The lowest BCUT2D eigenvalue weighted by Crippen LogP contribution is -2.20. The van der Waals surface area contributed by atoms with Gasteiger partial charge in [-0.25, -0.2) is 4.39 Å². The number of benzene rings is 1. The van der Waals surface area contributed by atoms with Gasteiger partial charge in [0.1, 0.15) is 0 Å². The Bertz CT molecular complexity index is 331. The van der Waals surface area contributed by atoms with Crippen LogP contribution in [0.15, 0.2) is 18.2 Å². The molecule has 0 fully saturated rings. The predicted molar refractivity (Wildman–Crippen MR) is 60.0 cm³/mol. The number of methoxy groups -OCH3 is 1. The summed E-state index contributed by atoms with van der Waals surface area (Å²) in [5, 5.41) is 3.15. The molecule has 1 rings (SSSR count). The average Bonchev–Trinajstić information content (AvgIpc) is 2.30. The molecule has 0 bridgehead atoms. The second-order valence-corrected chi connectivity index (χ2v) is 3.61. The maximum absolute atomic E-state index is 13.1. The van der Waals surface area contributed by atoms with E-state index in [0.717, 1.165) is 5.56 Å². The molecule has 0 aliphatic carbocycles. The molecule has 1 atom stereocenters. The molecule has 1 aromatic carbocycles. The van der Waals surface area contributed by atoms with Crippen LogP contribution in [0.5, 0.6) is 5.75 Å². The zero-order valence-corrected chi connectivity index (χ0v) is 9.59. The van der Waals surface area contributed by atoms with Gasteiger partial charge in [-0.1, -0.05) is 6.07 Å².